The van der Waals surface area contributed by atoms with Crippen molar-refractivity contribution in [3.63, 3.8) is 0 Å². The van der Waals surface area contributed by atoms with Gasteiger partial charge in [0.15, 0.2) is 0 Å². The number of aliphatic carboxylic acids is 1. The van der Waals surface area contributed by atoms with E-state index in [1.54, 1.807) is 25.1 Å². The van der Waals surface area contributed by atoms with E-state index in [9.17, 15) is 9.59 Å². The van der Waals surface area contributed by atoms with Crippen LogP contribution in [-0.2, 0) is 9.59 Å². The van der Waals surface area contributed by atoms with Crippen LogP contribution in [0.2, 0.25) is 10.0 Å². The summed E-state index contributed by atoms with van der Waals surface area (Å²) in [4.78, 5) is 24.3. The second-order valence-corrected chi connectivity index (χ2v) is 5.46. The highest BCUT2D eigenvalue weighted by atomic mass is 35.5. The molecule has 0 aliphatic heterocycles. The smallest absolute Gasteiger partial charge is 0.323 e. The van der Waals surface area contributed by atoms with Crippen LogP contribution in [0.25, 0.3) is 6.08 Å². The third kappa shape index (κ3) is 5.40. The molecular weight excluding hydrogens is 313 g/mol. The molecule has 1 aromatic rings. The standard InChI is InChI=1S/C15H17Cl2NO3/c1-3-10(2)18(9-15(20)21)14(19)7-4-11-8-12(16)5-6-13(11)17/h4-8,10H,3,9H2,1-2H3,(H,20,21)/b7-4+. The van der Waals surface area contributed by atoms with Gasteiger partial charge in [-0.2, -0.15) is 0 Å². The van der Waals surface area contributed by atoms with Crippen LogP contribution in [0.15, 0.2) is 24.3 Å². The number of hydrogen-bond donors (Lipinski definition) is 1. The van der Waals surface area contributed by atoms with Crippen LogP contribution in [0.1, 0.15) is 25.8 Å². The third-order valence-electron chi connectivity index (χ3n) is 3.08. The number of rotatable bonds is 6. The maximum Gasteiger partial charge on any atom is 0.323 e. The highest BCUT2D eigenvalue weighted by molar-refractivity contribution is 6.34. The topological polar surface area (TPSA) is 57.6 Å². The van der Waals surface area contributed by atoms with Gasteiger partial charge in [-0.25, -0.2) is 0 Å². The van der Waals surface area contributed by atoms with Crippen molar-refractivity contribution in [3.8, 4) is 0 Å². The van der Waals surface area contributed by atoms with E-state index >= 15 is 0 Å². The van der Waals surface area contributed by atoms with Crippen molar-refractivity contribution in [1.29, 1.82) is 0 Å². The summed E-state index contributed by atoms with van der Waals surface area (Å²) in [5.41, 5.74) is 0.608. The Morgan fingerprint density at radius 3 is 2.62 bits per heavy atom. The summed E-state index contributed by atoms with van der Waals surface area (Å²) in [6, 6.07) is 4.77. The minimum atomic E-state index is -1.04. The van der Waals surface area contributed by atoms with Gasteiger partial charge in [0.25, 0.3) is 0 Å². The molecule has 0 fully saturated rings. The zero-order valence-corrected chi connectivity index (χ0v) is 13.4. The summed E-state index contributed by atoms with van der Waals surface area (Å²) >= 11 is 11.9. The molecule has 0 bridgehead atoms. The van der Waals surface area contributed by atoms with E-state index in [4.69, 9.17) is 28.3 Å². The summed E-state index contributed by atoms with van der Waals surface area (Å²) < 4.78 is 0. The summed E-state index contributed by atoms with van der Waals surface area (Å²) in [6.07, 6.45) is 3.52. The molecule has 1 aromatic carbocycles. The Morgan fingerprint density at radius 1 is 1.38 bits per heavy atom. The van der Waals surface area contributed by atoms with Crippen molar-refractivity contribution < 1.29 is 14.7 Å². The van der Waals surface area contributed by atoms with Crippen LogP contribution in [0, 0.1) is 0 Å². The van der Waals surface area contributed by atoms with E-state index in [2.05, 4.69) is 0 Å². The Bertz CT molecular complexity index is 558. The normalized spacial score (nSPS) is 12.4. The average Bonchev–Trinajstić information content (AvgIpc) is 2.44. The van der Waals surface area contributed by atoms with Gasteiger partial charge in [0, 0.05) is 22.2 Å². The lowest BCUT2D eigenvalue weighted by Crippen LogP contribution is -2.40. The molecule has 0 aliphatic carbocycles. The molecule has 1 amide bonds. The number of amides is 1. The zero-order valence-electron chi connectivity index (χ0n) is 11.8. The van der Waals surface area contributed by atoms with Gasteiger partial charge in [-0.3, -0.25) is 9.59 Å². The first-order valence-electron chi connectivity index (χ1n) is 6.50. The molecule has 114 valence electrons. The first-order valence-corrected chi connectivity index (χ1v) is 7.26. The SMILES string of the molecule is CCC(C)N(CC(=O)O)C(=O)/C=C/c1cc(Cl)ccc1Cl. The molecular formula is C15H17Cl2NO3. The lowest BCUT2D eigenvalue weighted by Gasteiger charge is -2.25. The largest absolute Gasteiger partial charge is 0.480 e. The number of carboxylic acids is 1. The molecule has 1 unspecified atom stereocenters. The molecule has 1 atom stereocenters. The predicted molar refractivity (Wildman–Crippen MR) is 84.6 cm³/mol. The van der Waals surface area contributed by atoms with E-state index in [1.165, 1.54) is 17.1 Å². The van der Waals surface area contributed by atoms with E-state index in [0.29, 0.717) is 22.0 Å². The van der Waals surface area contributed by atoms with Crippen LogP contribution >= 0.6 is 23.2 Å². The van der Waals surface area contributed by atoms with Crippen molar-refractivity contribution in [2.24, 2.45) is 0 Å². The van der Waals surface area contributed by atoms with E-state index in [0.717, 1.165) is 0 Å². The fourth-order valence-corrected chi connectivity index (χ4v) is 2.08. The number of carboxylic acid groups (broad SMARTS) is 1. The van der Waals surface area contributed by atoms with Gasteiger partial charge >= 0.3 is 5.97 Å². The molecule has 0 aliphatic rings. The van der Waals surface area contributed by atoms with E-state index in [-0.39, 0.29) is 18.5 Å². The third-order valence-corrected chi connectivity index (χ3v) is 3.65. The van der Waals surface area contributed by atoms with Gasteiger partial charge in [-0.1, -0.05) is 30.1 Å². The quantitative estimate of drug-likeness (QED) is 0.809. The first-order chi connectivity index (χ1) is 9.85. The minimum Gasteiger partial charge on any atom is -0.480 e. The molecule has 6 heteroatoms. The lowest BCUT2D eigenvalue weighted by molar-refractivity contribution is -0.144. The molecule has 0 saturated heterocycles. The summed E-state index contributed by atoms with van der Waals surface area (Å²) in [5, 5.41) is 9.87. The molecule has 0 radical (unpaired) electrons. The van der Waals surface area contributed by atoms with Crippen LogP contribution < -0.4 is 0 Å². The second-order valence-electron chi connectivity index (χ2n) is 4.62. The maximum atomic E-state index is 12.1. The van der Waals surface area contributed by atoms with Crippen molar-refractivity contribution in [2.75, 3.05) is 6.54 Å². The number of hydrogen-bond acceptors (Lipinski definition) is 2. The van der Waals surface area contributed by atoms with Crippen LogP contribution in [-0.4, -0.2) is 34.5 Å². The van der Waals surface area contributed by atoms with Crippen LogP contribution in [0.3, 0.4) is 0 Å². The molecule has 1 N–H and O–H groups in total. The monoisotopic (exact) mass is 329 g/mol. The van der Waals surface area contributed by atoms with Crippen LogP contribution in [0.4, 0.5) is 0 Å². The Hall–Kier alpha value is -1.52. The highest BCUT2D eigenvalue weighted by Gasteiger charge is 2.19. The molecule has 0 spiro atoms. The Morgan fingerprint density at radius 2 is 2.05 bits per heavy atom. The van der Waals surface area contributed by atoms with Crippen molar-refractivity contribution >= 4 is 41.2 Å². The molecule has 21 heavy (non-hydrogen) atoms. The highest BCUT2D eigenvalue weighted by Crippen LogP contribution is 2.22. The Kier molecular flexibility index (Phi) is 6.72. The van der Waals surface area contributed by atoms with Gasteiger partial charge in [-0.15, -0.1) is 0 Å². The van der Waals surface area contributed by atoms with Gasteiger partial charge in [0.05, 0.1) is 0 Å². The molecule has 0 heterocycles. The summed E-state index contributed by atoms with van der Waals surface area (Å²) in [7, 11) is 0. The number of nitrogens with zero attached hydrogens (tertiary/aromatic N) is 1. The number of halogens is 2. The van der Waals surface area contributed by atoms with Gasteiger partial charge in [0.1, 0.15) is 6.54 Å². The second kappa shape index (κ2) is 8.05. The average molecular weight is 330 g/mol. The van der Waals surface area contributed by atoms with Crippen LogP contribution in [0.5, 0.6) is 0 Å². The summed E-state index contributed by atoms with van der Waals surface area (Å²) in [5.74, 6) is -1.42. The molecule has 0 aromatic heterocycles. The number of benzene rings is 1. The fraction of sp³-hybridized carbons (Fsp3) is 0.333. The lowest BCUT2D eigenvalue weighted by atomic mass is 10.2. The van der Waals surface area contributed by atoms with Crippen molar-refractivity contribution in [3.05, 3.63) is 39.9 Å². The first kappa shape index (κ1) is 17.5. The molecule has 1 rings (SSSR count). The predicted octanol–water partition coefficient (Wildman–Crippen LogP) is 3.72. The maximum absolute atomic E-state index is 12.1. The van der Waals surface area contributed by atoms with Crippen molar-refractivity contribution in [1.82, 2.24) is 4.90 Å². The zero-order chi connectivity index (χ0) is 16.0. The fourth-order valence-electron chi connectivity index (χ4n) is 1.72. The molecule has 0 saturated carbocycles. The number of carbonyl (C=O) groups is 2. The summed E-state index contributed by atoms with van der Waals surface area (Å²) in [6.45, 7) is 3.37. The van der Waals surface area contributed by atoms with Gasteiger partial charge < -0.3 is 10.0 Å². The van der Waals surface area contributed by atoms with Crippen molar-refractivity contribution in [2.45, 2.75) is 26.3 Å². The minimum absolute atomic E-state index is 0.159. The Labute approximate surface area is 134 Å². The molecule has 4 nitrogen and oxygen atoms in total. The van der Waals surface area contributed by atoms with E-state index in [1.807, 2.05) is 6.92 Å². The number of carbonyl (C=O) groups excluding carboxylic acids is 1. The van der Waals surface area contributed by atoms with Gasteiger partial charge in [0.2, 0.25) is 5.91 Å². The van der Waals surface area contributed by atoms with Gasteiger partial charge in [-0.05, 0) is 43.2 Å². The van der Waals surface area contributed by atoms with E-state index < -0.39 is 5.97 Å². The Balaban J connectivity index is 2.92.